The van der Waals surface area contributed by atoms with Crippen molar-refractivity contribution >= 4 is 6.03 Å². The number of carbonyl (C=O) groups excluding carboxylic acids is 1. The number of morpholine rings is 1. The van der Waals surface area contributed by atoms with Crippen molar-refractivity contribution in [2.75, 3.05) is 72.2 Å². The molecule has 2 aromatic rings. The lowest BCUT2D eigenvalue weighted by Gasteiger charge is -2.38. The van der Waals surface area contributed by atoms with E-state index in [9.17, 15) is 4.79 Å². The highest BCUT2D eigenvalue weighted by atomic mass is 16.5. The number of nitrogens with zero attached hydrogens (tertiary/aromatic N) is 5. The zero-order valence-electron chi connectivity index (χ0n) is 20.5. The summed E-state index contributed by atoms with van der Waals surface area (Å²) in [5, 5.41) is 7.37. The molecule has 3 aliphatic rings. The molecule has 0 spiro atoms. The third-order valence-corrected chi connectivity index (χ3v) is 7.36. The molecule has 3 saturated heterocycles. The Morgan fingerprint density at radius 3 is 2.63 bits per heavy atom. The van der Waals surface area contributed by atoms with Gasteiger partial charge in [-0.25, -0.2) is 4.79 Å². The van der Waals surface area contributed by atoms with Crippen molar-refractivity contribution in [2.45, 2.75) is 25.9 Å². The maximum absolute atomic E-state index is 12.9. The minimum atomic E-state index is 0.0152. The van der Waals surface area contributed by atoms with Gasteiger partial charge in [0.05, 0.1) is 26.4 Å². The van der Waals surface area contributed by atoms with Gasteiger partial charge in [-0.15, -0.1) is 0 Å². The second kappa shape index (κ2) is 11.5. The Morgan fingerprint density at radius 1 is 1.09 bits per heavy atom. The number of aromatic nitrogens is 2. The number of urea groups is 1. The Balaban J connectivity index is 1.09. The Labute approximate surface area is 206 Å². The molecule has 2 atom stereocenters. The third kappa shape index (κ3) is 6.00. The number of rotatable bonds is 7. The molecule has 0 bridgehead atoms. The van der Waals surface area contributed by atoms with Crippen LogP contribution in [0.1, 0.15) is 17.9 Å². The van der Waals surface area contributed by atoms with Gasteiger partial charge >= 0.3 is 6.03 Å². The van der Waals surface area contributed by atoms with E-state index in [4.69, 9.17) is 14.0 Å². The van der Waals surface area contributed by atoms with Crippen LogP contribution in [0, 0.1) is 12.8 Å². The van der Waals surface area contributed by atoms with Crippen molar-refractivity contribution in [3.05, 3.63) is 35.7 Å². The van der Waals surface area contributed by atoms with Crippen molar-refractivity contribution in [3.63, 3.8) is 0 Å². The minimum absolute atomic E-state index is 0.0152. The smallest absolute Gasteiger partial charge is 0.317 e. The van der Waals surface area contributed by atoms with E-state index in [1.54, 1.807) is 0 Å². The molecule has 0 aliphatic carbocycles. The van der Waals surface area contributed by atoms with Gasteiger partial charge in [-0.2, -0.15) is 4.98 Å². The van der Waals surface area contributed by atoms with E-state index >= 15 is 0 Å². The summed E-state index contributed by atoms with van der Waals surface area (Å²) >= 11 is 0. The Kier molecular flexibility index (Phi) is 7.92. The monoisotopic (exact) mass is 484 g/mol. The molecule has 1 N–H and O–H groups in total. The first-order valence-corrected chi connectivity index (χ1v) is 12.7. The van der Waals surface area contributed by atoms with Gasteiger partial charge in [-0.05, 0) is 18.9 Å². The fraction of sp³-hybridized carbons (Fsp3) is 0.640. The van der Waals surface area contributed by atoms with Crippen LogP contribution in [-0.4, -0.2) is 109 Å². The van der Waals surface area contributed by atoms with Crippen molar-refractivity contribution in [2.24, 2.45) is 5.92 Å². The first-order chi connectivity index (χ1) is 17.2. The first kappa shape index (κ1) is 24.2. The average molecular weight is 485 g/mol. The van der Waals surface area contributed by atoms with Crippen LogP contribution >= 0.6 is 0 Å². The summed E-state index contributed by atoms with van der Waals surface area (Å²) in [6.45, 7) is 11.1. The molecule has 0 unspecified atom stereocenters. The topological polar surface area (TPSA) is 96.2 Å². The number of amides is 2. The number of hydrogen-bond acceptors (Lipinski definition) is 8. The predicted molar refractivity (Wildman–Crippen MR) is 130 cm³/mol. The van der Waals surface area contributed by atoms with Crippen molar-refractivity contribution in [1.82, 2.24) is 30.2 Å². The van der Waals surface area contributed by atoms with E-state index < -0.39 is 0 Å². The summed E-state index contributed by atoms with van der Waals surface area (Å²) in [4.78, 5) is 24.1. The lowest BCUT2D eigenvalue weighted by atomic mass is 9.97. The van der Waals surface area contributed by atoms with E-state index in [1.807, 2.05) is 36.1 Å². The maximum atomic E-state index is 12.9. The molecule has 5 rings (SSSR count). The highest BCUT2D eigenvalue weighted by Crippen LogP contribution is 2.22. The molecule has 3 fully saturated rings. The lowest BCUT2D eigenvalue weighted by molar-refractivity contribution is 0.00173. The SMILES string of the molecule is Cc1ccccc1-c1noc(CN2CCN(C(=O)NC[C@H]([C@@H]3CCOC3)N3CCOCC3)CC2)n1. The molecule has 10 heteroatoms. The molecule has 190 valence electrons. The molecule has 0 radical (unpaired) electrons. The van der Waals surface area contributed by atoms with Crippen LogP contribution in [-0.2, 0) is 16.0 Å². The highest BCUT2D eigenvalue weighted by Gasteiger charge is 2.32. The van der Waals surface area contributed by atoms with Gasteiger partial charge in [-0.1, -0.05) is 29.4 Å². The third-order valence-electron chi connectivity index (χ3n) is 7.36. The molecule has 1 aromatic heterocycles. The average Bonchev–Trinajstić information content (AvgIpc) is 3.58. The number of hydrogen-bond donors (Lipinski definition) is 1. The second-order valence-electron chi connectivity index (χ2n) is 9.62. The summed E-state index contributed by atoms with van der Waals surface area (Å²) in [7, 11) is 0. The summed E-state index contributed by atoms with van der Waals surface area (Å²) in [5.74, 6) is 1.69. The van der Waals surface area contributed by atoms with E-state index in [0.29, 0.717) is 49.9 Å². The van der Waals surface area contributed by atoms with Crippen LogP contribution in [0.15, 0.2) is 28.8 Å². The minimum Gasteiger partial charge on any atom is -0.381 e. The molecule has 3 aliphatic heterocycles. The number of benzene rings is 1. The predicted octanol–water partition coefficient (Wildman–Crippen LogP) is 1.61. The molecule has 10 nitrogen and oxygen atoms in total. The van der Waals surface area contributed by atoms with Crippen LogP contribution in [0.2, 0.25) is 0 Å². The Hall–Kier alpha value is -2.53. The van der Waals surface area contributed by atoms with Gasteiger partial charge in [0.1, 0.15) is 0 Å². The molecular formula is C25H36N6O4. The van der Waals surface area contributed by atoms with E-state index in [0.717, 1.165) is 70.2 Å². The molecular weight excluding hydrogens is 448 g/mol. The molecule has 35 heavy (non-hydrogen) atoms. The van der Waals surface area contributed by atoms with Gasteiger partial charge in [0.25, 0.3) is 0 Å². The van der Waals surface area contributed by atoms with Gasteiger partial charge in [0, 0.05) is 69.9 Å². The van der Waals surface area contributed by atoms with Crippen molar-refractivity contribution < 1.29 is 18.8 Å². The zero-order valence-corrected chi connectivity index (χ0v) is 20.5. The van der Waals surface area contributed by atoms with Crippen molar-refractivity contribution in [3.8, 4) is 11.4 Å². The fourth-order valence-electron chi connectivity index (χ4n) is 5.22. The maximum Gasteiger partial charge on any atom is 0.317 e. The molecule has 4 heterocycles. The largest absolute Gasteiger partial charge is 0.381 e. The lowest BCUT2D eigenvalue weighted by Crippen LogP contribution is -2.56. The summed E-state index contributed by atoms with van der Waals surface area (Å²) in [6, 6.07) is 8.34. The first-order valence-electron chi connectivity index (χ1n) is 12.7. The van der Waals surface area contributed by atoms with Crippen LogP contribution in [0.5, 0.6) is 0 Å². The van der Waals surface area contributed by atoms with Crippen LogP contribution in [0.4, 0.5) is 4.79 Å². The molecule has 0 saturated carbocycles. The van der Waals surface area contributed by atoms with Gasteiger partial charge in [-0.3, -0.25) is 9.80 Å². The van der Waals surface area contributed by atoms with Gasteiger partial charge in [0.15, 0.2) is 0 Å². The molecule has 1 aromatic carbocycles. The Morgan fingerprint density at radius 2 is 1.89 bits per heavy atom. The number of carbonyl (C=O) groups is 1. The Bertz CT molecular complexity index is 964. The quantitative estimate of drug-likeness (QED) is 0.633. The number of aryl methyl sites for hydroxylation is 1. The summed E-state index contributed by atoms with van der Waals surface area (Å²) in [5.41, 5.74) is 2.11. The van der Waals surface area contributed by atoms with Crippen LogP contribution in [0.25, 0.3) is 11.4 Å². The van der Waals surface area contributed by atoms with Gasteiger partial charge < -0.3 is 24.2 Å². The highest BCUT2D eigenvalue weighted by molar-refractivity contribution is 5.74. The number of nitrogens with one attached hydrogen (secondary N) is 1. The number of ether oxygens (including phenoxy) is 2. The van der Waals surface area contributed by atoms with Crippen molar-refractivity contribution in [1.29, 1.82) is 0 Å². The standard InChI is InChI=1S/C25H36N6O4/c1-19-4-2-3-5-21(19)24-27-23(35-28-24)17-29-7-9-31(10-8-29)25(32)26-16-22(20-6-13-34-18-20)30-11-14-33-15-12-30/h2-5,20,22H,6-18H2,1H3,(H,26,32)/t20-,22-/m1/s1. The fourth-order valence-corrected chi connectivity index (χ4v) is 5.22. The summed E-state index contributed by atoms with van der Waals surface area (Å²) < 4.78 is 16.7. The second-order valence-corrected chi connectivity index (χ2v) is 9.62. The zero-order chi connectivity index (χ0) is 24.0. The van der Waals surface area contributed by atoms with Gasteiger partial charge in [0.2, 0.25) is 11.7 Å². The number of piperazine rings is 1. The van der Waals surface area contributed by atoms with E-state index in [2.05, 4.69) is 25.3 Å². The van der Waals surface area contributed by atoms with E-state index in [1.165, 1.54) is 0 Å². The summed E-state index contributed by atoms with van der Waals surface area (Å²) in [6.07, 6.45) is 1.05. The van der Waals surface area contributed by atoms with Crippen LogP contribution in [0.3, 0.4) is 0 Å². The molecule has 2 amide bonds. The van der Waals surface area contributed by atoms with E-state index in [-0.39, 0.29) is 6.03 Å². The normalized spacial score (nSPS) is 22.9. The van der Waals surface area contributed by atoms with Crippen LogP contribution < -0.4 is 5.32 Å².